The Hall–Kier alpha value is -1.77. The van der Waals surface area contributed by atoms with E-state index in [2.05, 4.69) is 4.98 Å². The van der Waals surface area contributed by atoms with Crippen molar-refractivity contribution in [2.45, 2.75) is 19.3 Å². The summed E-state index contributed by atoms with van der Waals surface area (Å²) >= 11 is 0. The van der Waals surface area contributed by atoms with Gasteiger partial charge in [-0.1, -0.05) is 25.1 Å². The second-order valence-corrected chi connectivity index (χ2v) is 3.81. The van der Waals surface area contributed by atoms with Crippen molar-refractivity contribution in [3.05, 3.63) is 36.0 Å². The molecule has 0 saturated carbocycles. The van der Waals surface area contributed by atoms with Crippen molar-refractivity contribution in [3.8, 4) is 0 Å². The minimum atomic E-state index is -0.763. The van der Waals surface area contributed by atoms with Gasteiger partial charge in [-0.25, -0.2) is 0 Å². The summed E-state index contributed by atoms with van der Waals surface area (Å²) in [4.78, 5) is 13.8. The van der Waals surface area contributed by atoms with Gasteiger partial charge in [0, 0.05) is 17.1 Å². The Morgan fingerprint density at radius 2 is 2.20 bits per heavy atom. The maximum atomic E-state index is 10.6. The molecule has 1 heterocycles. The molecule has 1 aromatic carbocycles. The van der Waals surface area contributed by atoms with E-state index in [0.29, 0.717) is 0 Å². The number of aliphatic carboxylic acids is 1. The van der Waals surface area contributed by atoms with Crippen LogP contribution in [0.15, 0.2) is 30.3 Å². The standard InChI is InChI=1S/C12H13NO2/c1-8(6-12(14)15)11-7-9-4-2-3-5-10(9)13-11/h2-5,7-8,13H,6H2,1H3,(H,14,15). The number of aromatic amines is 1. The number of aromatic nitrogens is 1. The van der Waals surface area contributed by atoms with Gasteiger partial charge in [0.1, 0.15) is 0 Å². The highest BCUT2D eigenvalue weighted by Crippen LogP contribution is 2.23. The first-order chi connectivity index (χ1) is 7.16. The maximum Gasteiger partial charge on any atom is 0.304 e. The third-order valence-electron chi connectivity index (χ3n) is 2.56. The SMILES string of the molecule is CC(CC(=O)O)c1cc2ccccc2[nH]1. The van der Waals surface area contributed by atoms with E-state index in [1.165, 1.54) is 0 Å². The molecule has 3 heteroatoms. The van der Waals surface area contributed by atoms with Crippen molar-refractivity contribution < 1.29 is 9.90 Å². The van der Waals surface area contributed by atoms with E-state index in [4.69, 9.17) is 5.11 Å². The van der Waals surface area contributed by atoms with Crippen LogP contribution in [0.4, 0.5) is 0 Å². The summed E-state index contributed by atoms with van der Waals surface area (Å²) in [6.45, 7) is 1.92. The van der Waals surface area contributed by atoms with Crippen molar-refractivity contribution in [3.63, 3.8) is 0 Å². The molecule has 0 spiro atoms. The first-order valence-corrected chi connectivity index (χ1v) is 4.96. The second kappa shape index (κ2) is 3.77. The highest BCUT2D eigenvalue weighted by atomic mass is 16.4. The van der Waals surface area contributed by atoms with Crippen molar-refractivity contribution in [1.82, 2.24) is 4.98 Å². The lowest BCUT2D eigenvalue weighted by atomic mass is 10.0. The summed E-state index contributed by atoms with van der Waals surface area (Å²) in [6.07, 6.45) is 0.160. The fraction of sp³-hybridized carbons (Fsp3) is 0.250. The molecule has 0 radical (unpaired) electrons. The lowest BCUT2D eigenvalue weighted by Crippen LogP contribution is -2.02. The largest absolute Gasteiger partial charge is 0.481 e. The number of carboxylic acid groups (broad SMARTS) is 1. The van der Waals surface area contributed by atoms with Gasteiger partial charge in [-0.3, -0.25) is 4.79 Å². The molecule has 2 rings (SSSR count). The lowest BCUT2D eigenvalue weighted by molar-refractivity contribution is -0.137. The number of carbonyl (C=O) groups is 1. The van der Waals surface area contributed by atoms with Crippen molar-refractivity contribution in [1.29, 1.82) is 0 Å². The van der Waals surface area contributed by atoms with Crippen LogP contribution in [-0.4, -0.2) is 16.1 Å². The average molecular weight is 203 g/mol. The van der Waals surface area contributed by atoms with Crippen molar-refractivity contribution in [2.75, 3.05) is 0 Å². The minimum Gasteiger partial charge on any atom is -0.481 e. The third-order valence-corrected chi connectivity index (χ3v) is 2.56. The number of carboxylic acids is 1. The van der Waals surface area contributed by atoms with Gasteiger partial charge in [0.15, 0.2) is 0 Å². The molecule has 78 valence electrons. The summed E-state index contributed by atoms with van der Waals surface area (Å²) in [7, 11) is 0. The van der Waals surface area contributed by atoms with Crippen LogP contribution >= 0.6 is 0 Å². The number of hydrogen-bond donors (Lipinski definition) is 2. The lowest BCUT2D eigenvalue weighted by Gasteiger charge is -2.04. The van der Waals surface area contributed by atoms with Crippen LogP contribution in [0.25, 0.3) is 10.9 Å². The molecule has 0 aliphatic carbocycles. The highest BCUT2D eigenvalue weighted by molar-refractivity contribution is 5.80. The van der Waals surface area contributed by atoms with E-state index in [-0.39, 0.29) is 12.3 Å². The fourth-order valence-electron chi connectivity index (χ4n) is 1.73. The number of para-hydroxylation sites is 1. The normalized spacial score (nSPS) is 12.9. The predicted molar refractivity (Wildman–Crippen MR) is 59.0 cm³/mol. The van der Waals surface area contributed by atoms with E-state index in [1.54, 1.807) is 0 Å². The zero-order chi connectivity index (χ0) is 10.8. The fourth-order valence-corrected chi connectivity index (χ4v) is 1.73. The smallest absolute Gasteiger partial charge is 0.304 e. The Kier molecular flexibility index (Phi) is 2.46. The first kappa shape index (κ1) is 9.77. The Morgan fingerprint density at radius 1 is 1.47 bits per heavy atom. The summed E-state index contributed by atoms with van der Waals surface area (Å²) in [5.74, 6) is -0.740. The van der Waals surface area contributed by atoms with Gasteiger partial charge in [-0.2, -0.15) is 0 Å². The summed E-state index contributed by atoms with van der Waals surface area (Å²) in [5, 5.41) is 9.84. The van der Waals surface area contributed by atoms with Crippen LogP contribution in [0.3, 0.4) is 0 Å². The number of hydrogen-bond acceptors (Lipinski definition) is 1. The third kappa shape index (κ3) is 2.01. The molecular formula is C12H13NO2. The summed E-state index contributed by atoms with van der Waals surface area (Å²) < 4.78 is 0. The zero-order valence-electron chi connectivity index (χ0n) is 8.53. The Labute approximate surface area is 87.7 Å². The number of H-pyrrole nitrogens is 1. The molecule has 0 aliphatic heterocycles. The van der Waals surface area contributed by atoms with E-state index in [1.807, 2.05) is 37.3 Å². The number of rotatable bonds is 3. The summed E-state index contributed by atoms with van der Waals surface area (Å²) in [5.41, 5.74) is 2.04. The Balaban J connectivity index is 2.32. The zero-order valence-corrected chi connectivity index (χ0v) is 8.53. The second-order valence-electron chi connectivity index (χ2n) is 3.81. The molecule has 3 nitrogen and oxygen atoms in total. The van der Waals surface area contributed by atoms with Crippen LogP contribution in [-0.2, 0) is 4.79 Å². The summed E-state index contributed by atoms with van der Waals surface area (Å²) in [6, 6.07) is 9.96. The first-order valence-electron chi connectivity index (χ1n) is 4.96. The monoisotopic (exact) mass is 203 g/mol. The van der Waals surface area contributed by atoms with Gasteiger partial charge >= 0.3 is 5.97 Å². The quantitative estimate of drug-likeness (QED) is 0.805. The van der Waals surface area contributed by atoms with Gasteiger partial charge in [-0.15, -0.1) is 0 Å². The molecule has 0 amide bonds. The van der Waals surface area contributed by atoms with E-state index < -0.39 is 5.97 Å². The van der Waals surface area contributed by atoms with Gasteiger partial charge in [-0.05, 0) is 17.5 Å². The molecule has 1 unspecified atom stereocenters. The van der Waals surface area contributed by atoms with E-state index >= 15 is 0 Å². The van der Waals surface area contributed by atoms with Gasteiger partial charge in [0.05, 0.1) is 6.42 Å². The van der Waals surface area contributed by atoms with Gasteiger partial charge < -0.3 is 10.1 Å². The highest BCUT2D eigenvalue weighted by Gasteiger charge is 2.12. The van der Waals surface area contributed by atoms with Crippen LogP contribution in [0.1, 0.15) is 25.0 Å². The van der Waals surface area contributed by atoms with Crippen LogP contribution < -0.4 is 0 Å². The predicted octanol–water partition coefficient (Wildman–Crippen LogP) is 2.75. The Morgan fingerprint density at radius 3 is 2.87 bits per heavy atom. The molecule has 0 bridgehead atoms. The molecule has 1 aromatic heterocycles. The van der Waals surface area contributed by atoms with Crippen molar-refractivity contribution in [2.24, 2.45) is 0 Å². The maximum absolute atomic E-state index is 10.6. The topological polar surface area (TPSA) is 53.1 Å². The number of nitrogens with one attached hydrogen (secondary N) is 1. The van der Waals surface area contributed by atoms with Crippen molar-refractivity contribution >= 4 is 16.9 Å². The molecule has 0 saturated heterocycles. The van der Waals surface area contributed by atoms with E-state index in [9.17, 15) is 4.79 Å². The molecule has 0 fully saturated rings. The van der Waals surface area contributed by atoms with Gasteiger partial charge in [0.2, 0.25) is 0 Å². The number of fused-ring (bicyclic) bond motifs is 1. The number of benzene rings is 1. The Bertz CT molecular complexity index is 454. The minimum absolute atomic E-state index is 0.0231. The van der Waals surface area contributed by atoms with Crippen LogP contribution in [0, 0.1) is 0 Å². The molecule has 1 atom stereocenters. The molecule has 15 heavy (non-hydrogen) atoms. The molecule has 0 aliphatic rings. The van der Waals surface area contributed by atoms with Gasteiger partial charge in [0.25, 0.3) is 0 Å². The van der Waals surface area contributed by atoms with Crippen LogP contribution in [0.2, 0.25) is 0 Å². The van der Waals surface area contributed by atoms with Crippen LogP contribution in [0.5, 0.6) is 0 Å². The molecule has 2 N–H and O–H groups in total. The van der Waals surface area contributed by atoms with E-state index in [0.717, 1.165) is 16.6 Å². The molecular weight excluding hydrogens is 190 g/mol. The molecule has 2 aromatic rings. The average Bonchev–Trinajstić information content (AvgIpc) is 2.59.